The van der Waals surface area contributed by atoms with E-state index in [0.29, 0.717) is 0 Å². The molecule has 0 unspecified atom stereocenters. The number of rotatable bonds is 3. The maximum absolute atomic E-state index is 6.47. The second kappa shape index (κ2) is 5.63. The first-order valence-electron chi connectivity index (χ1n) is 6.45. The van der Waals surface area contributed by atoms with Crippen molar-refractivity contribution in [3.05, 3.63) is 35.9 Å². The van der Waals surface area contributed by atoms with Gasteiger partial charge in [-0.25, -0.2) is 0 Å². The summed E-state index contributed by atoms with van der Waals surface area (Å²) in [5.74, 6) is -1.87. The second-order valence-corrected chi connectivity index (χ2v) is 15.9. The summed E-state index contributed by atoms with van der Waals surface area (Å²) < 4.78 is 6.47. The van der Waals surface area contributed by atoms with Crippen molar-refractivity contribution in [3.8, 4) is 0 Å². The lowest BCUT2D eigenvalue weighted by molar-refractivity contribution is 0.268. The fourth-order valence-electron chi connectivity index (χ4n) is 2.32. The smallest absolute Gasteiger partial charge is 0.269 e. The van der Waals surface area contributed by atoms with Crippen molar-refractivity contribution in [1.82, 2.24) is 0 Å². The molecule has 0 aromatic heterocycles. The van der Waals surface area contributed by atoms with Crippen LogP contribution in [0.2, 0.25) is 10.1 Å². The molecule has 18 heavy (non-hydrogen) atoms. The predicted molar refractivity (Wildman–Crippen MR) is 90.4 cm³/mol. The highest BCUT2D eigenvalue weighted by molar-refractivity contribution is 14.1. The van der Waals surface area contributed by atoms with Crippen LogP contribution in [0.1, 0.15) is 47.1 Å². The van der Waals surface area contributed by atoms with E-state index in [1.165, 1.54) is 5.56 Å². The van der Waals surface area contributed by atoms with Gasteiger partial charge in [0.15, 0.2) is 0 Å². The first kappa shape index (κ1) is 16.2. The summed E-state index contributed by atoms with van der Waals surface area (Å²) in [5, 5.41) is 0.446. The molecule has 1 aromatic rings. The fourth-order valence-corrected chi connectivity index (χ4v) is 6.26. The van der Waals surface area contributed by atoms with Crippen LogP contribution in [0.15, 0.2) is 30.3 Å². The van der Waals surface area contributed by atoms with Crippen LogP contribution in [0.5, 0.6) is 0 Å². The van der Waals surface area contributed by atoms with Crippen LogP contribution >= 0.6 is 21.8 Å². The Morgan fingerprint density at radius 1 is 0.944 bits per heavy atom. The van der Waals surface area contributed by atoms with Crippen LogP contribution in [0, 0.1) is 0 Å². The monoisotopic (exact) mass is 376 g/mol. The van der Waals surface area contributed by atoms with Gasteiger partial charge in [0.2, 0.25) is 0 Å². The Labute approximate surface area is 126 Å². The maximum atomic E-state index is 6.47. The number of halogens is 1. The third kappa shape index (κ3) is 3.58. The van der Waals surface area contributed by atoms with Crippen LogP contribution in [0.4, 0.5) is 0 Å². The third-order valence-electron chi connectivity index (χ3n) is 3.21. The Hall–Kier alpha value is 0.127. The van der Waals surface area contributed by atoms with Crippen molar-refractivity contribution in [3.63, 3.8) is 0 Å². The first-order chi connectivity index (χ1) is 8.08. The van der Waals surface area contributed by atoms with E-state index in [0.717, 1.165) is 6.61 Å². The van der Waals surface area contributed by atoms with Crippen LogP contribution in [0.3, 0.4) is 0 Å². The molecule has 0 N–H and O–H groups in total. The van der Waals surface area contributed by atoms with Crippen LogP contribution in [-0.2, 0) is 11.0 Å². The lowest BCUT2D eigenvalue weighted by Gasteiger charge is -2.46. The van der Waals surface area contributed by atoms with Crippen LogP contribution < -0.4 is 0 Å². The Balaban J connectivity index is 2.89. The van der Waals surface area contributed by atoms with E-state index in [4.69, 9.17) is 4.43 Å². The van der Waals surface area contributed by atoms with E-state index in [1.54, 1.807) is 0 Å². The van der Waals surface area contributed by atoms with Gasteiger partial charge in [0.25, 0.3) is 5.81 Å². The lowest BCUT2D eigenvalue weighted by atomic mass is 10.2. The molecule has 0 fully saturated rings. The molecule has 0 atom stereocenters. The van der Waals surface area contributed by atoms with E-state index < -0.39 is 5.81 Å². The van der Waals surface area contributed by atoms with Crippen LogP contribution in [0.25, 0.3) is 0 Å². The van der Waals surface area contributed by atoms with Gasteiger partial charge in [-0.1, -0.05) is 93.7 Å². The molecule has 102 valence electrons. The van der Waals surface area contributed by atoms with Gasteiger partial charge >= 0.3 is 0 Å². The Kier molecular flexibility index (Phi) is 5.06. The van der Waals surface area contributed by atoms with Crippen molar-refractivity contribution in [1.29, 1.82) is 0 Å². The number of benzene rings is 1. The van der Waals surface area contributed by atoms with Gasteiger partial charge in [-0.2, -0.15) is 0 Å². The molecule has 0 saturated carbocycles. The van der Waals surface area contributed by atoms with Crippen LogP contribution in [-0.4, -0.2) is 5.81 Å². The molecule has 0 aliphatic heterocycles. The molecule has 0 aliphatic rings. The summed E-state index contributed by atoms with van der Waals surface area (Å²) in [4.78, 5) is 0. The summed E-state index contributed by atoms with van der Waals surface area (Å²) in [6.45, 7) is 14.6. The SMILES string of the molecule is CC(C)(C)[Si](I)(OCc1ccccc1)C(C)(C)C. The highest BCUT2D eigenvalue weighted by atomic mass is 127. The summed E-state index contributed by atoms with van der Waals surface area (Å²) in [6.07, 6.45) is 0. The highest BCUT2D eigenvalue weighted by Gasteiger charge is 2.53. The van der Waals surface area contributed by atoms with Gasteiger partial charge in [-0.3, -0.25) is 0 Å². The normalized spacial score (nSPS) is 13.7. The topological polar surface area (TPSA) is 9.23 Å². The van der Waals surface area contributed by atoms with E-state index in [9.17, 15) is 0 Å². The van der Waals surface area contributed by atoms with E-state index in [2.05, 4.69) is 87.6 Å². The zero-order chi connectivity index (χ0) is 14.0. The summed E-state index contributed by atoms with van der Waals surface area (Å²) in [7, 11) is 0. The molecule has 0 amide bonds. The zero-order valence-electron chi connectivity index (χ0n) is 12.4. The molecule has 0 aliphatic carbocycles. The minimum atomic E-state index is -1.87. The molecule has 0 heterocycles. The molecule has 0 bridgehead atoms. The van der Waals surface area contributed by atoms with Gasteiger partial charge in [0.1, 0.15) is 0 Å². The zero-order valence-corrected chi connectivity index (χ0v) is 15.5. The predicted octanol–water partition coefficient (Wildman–Crippen LogP) is 5.68. The molecule has 3 heteroatoms. The van der Waals surface area contributed by atoms with Gasteiger partial charge in [-0.05, 0) is 15.6 Å². The Bertz CT molecular complexity index is 362. The van der Waals surface area contributed by atoms with E-state index in [1.807, 2.05) is 6.07 Å². The molecular formula is C15H25IOSi. The van der Waals surface area contributed by atoms with Gasteiger partial charge in [0.05, 0.1) is 6.61 Å². The molecule has 1 rings (SSSR count). The summed E-state index contributed by atoms with van der Waals surface area (Å²) in [6, 6.07) is 10.5. The van der Waals surface area contributed by atoms with Gasteiger partial charge in [-0.15, -0.1) is 0 Å². The van der Waals surface area contributed by atoms with E-state index in [-0.39, 0.29) is 10.1 Å². The largest absolute Gasteiger partial charge is 0.402 e. The number of hydrogen-bond acceptors (Lipinski definition) is 1. The molecule has 0 saturated heterocycles. The first-order valence-corrected chi connectivity index (χ1v) is 11.5. The van der Waals surface area contributed by atoms with Crippen molar-refractivity contribution in [2.75, 3.05) is 0 Å². The summed E-state index contributed by atoms with van der Waals surface area (Å²) in [5.41, 5.74) is 1.26. The molecule has 0 radical (unpaired) electrons. The average molecular weight is 376 g/mol. The minimum Gasteiger partial charge on any atom is -0.402 e. The van der Waals surface area contributed by atoms with Crippen molar-refractivity contribution < 1.29 is 4.43 Å². The summed E-state index contributed by atoms with van der Waals surface area (Å²) >= 11 is 2.63. The standard InChI is InChI=1S/C15H25IOSi/c1-14(2,3)18(16,15(4,5)6)17-12-13-10-8-7-9-11-13/h7-11H,12H2,1-6H3. The highest BCUT2D eigenvalue weighted by Crippen LogP contribution is 2.55. The molecule has 1 nitrogen and oxygen atoms in total. The third-order valence-corrected chi connectivity index (χ3v) is 18.3. The molecule has 1 aromatic carbocycles. The maximum Gasteiger partial charge on any atom is 0.269 e. The van der Waals surface area contributed by atoms with Gasteiger partial charge < -0.3 is 4.43 Å². The van der Waals surface area contributed by atoms with Gasteiger partial charge in [0, 0.05) is 0 Å². The average Bonchev–Trinajstić information content (AvgIpc) is 2.24. The minimum absolute atomic E-state index is 0.223. The molecular weight excluding hydrogens is 351 g/mol. The van der Waals surface area contributed by atoms with E-state index >= 15 is 0 Å². The Morgan fingerprint density at radius 2 is 1.39 bits per heavy atom. The fraction of sp³-hybridized carbons (Fsp3) is 0.600. The quantitative estimate of drug-likeness (QED) is 0.375. The number of hydrogen-bond donors (Lipinski definition) is 0. The van der Waals surface area contributed by atoms with Crippen molar-refractivity contribution in [2.45, 2.75) is 58.2 Å². The Morgan fingerprint density at radius 3 is 1.78 bits per heavy atom. The molecule has 0 spiro atoms. The lowest BCUT2D eigenvalue weighted by Crippen LogP contribution is -2.48. The van der Waals surface area contributed by atoms with Crippen molar-refractivity contribution in [2.24, 2.45) is 0 Å². The second-order valence-electron chi connectivity index (χ2n) is 6.87. The van der Waals surface area contributed by atoms with Crippen molar-refractivity contribution >= 4 is 27.6 Å².